The van der Waals surface area contributed by atoms with Crippen molar-refractivity contribution in [3.8, 4) is 5.75 Å². The predicted molar refractivity (Wildman–Crippen MR) is 152 cm³/mol. The lowest BCUT2D eigenvalue weighted by Crippen LogP contribution is -2.65. The van der Waals surface area contributed by atoms with Gasteiger partial charge in [-0.3, -0.25) is 4.79 Å². The maximum absolute atomic E-state index is 12.9. The minimum atomic E-state index is -5.60. The molecule has 5 atom stereocenters. The summed E-state index contributed by atoms with van der Waals surface area (Å²) in [6.45, 7) is 10.9. The summed E-state index contributed by atoms with van der Waals surface area (Å²) in [5, 5.41) is 2.77. The molecule has 5 unspecified atom stereocenters. The molecule has 240 valence electrons. The Morgan fingerprint density at radius 3 is 2.42 bits per heavy atom. The third kappa shape index (κ3) is 6.69. The zero-order valence-corrected chi connectivity index (χ0v) is 26.3. The number of halogens is 3. The first-order chi connectivity index (χ1) is 19.7. The number of amides is 1. The van der Waals surface area contributed by atoms with Crippen LogP contribution in [0.4, 0.5) is 13.2 Å². The number of esters is 1. The number of rotatable bonds is 10. The van der Waals surface area contributed by atoms with Gasteiger partial charge in [0.05, 0.1) is 24.8 Å². The van der Waals surface area contributed by atoms with E-state index in [1.807, 2.05) is 6.92 Å². The molecule has 3 saturated carbocycles. The van der Waals surface area contributed by atoms with E-state index in [0.717, 1.165) is 12.8 Å². The molecule has 0 aromatic heterocycles. The maximum Gasteiger partial charge on any atom is 0.511 e. The number of benzene rings is 1. The summed E-state index contributed by atoms with van der Waals surface area (Å²) in [7, 11) is -5.11. The van der Waals surface area contributed by atoms with E-state index in [4.69, 9.17) is 18.8 Å². The Morgan fingerprint density at radius 1 is 1.16 bits per heavy atom. The van der Waals surface area contributed by atoms with E-state index in [9.17, 15) is 31.2 Å². The standard InChI is InChI=1S/C28H40BF3N2O8S/c1-25(2,3)40-24(36)18-10-8-9-16(23(18)39-7)13-21(34-22(35)11-12-33-43(37,38)28(30,31)32)29-41-20-15-17-14-19(26(17,4)5)27(20,6)42-29/h8-10,17,19-21,33H,11-15H2,1-7H3,(H,34,35). The molecule has 1 amide bonds. The number of methoxy groups -OCH3 is 1. The second kappa shape index (κ2) is 11.5. The van der Waals surface area contributed by atoms with Gasteiger partial charge in [-0.15, -0.1) is 0 Å². The number of carbonyl (C=O) groups excluding carboxylic acids is 2. The topological polar surface area (TPSA) is 129 Å². The minimum Gasteiger partial charge on any atom is -0.496 e. The van der Waals surface area contributed by atoms with Gasteiger partial charge in [0, 0.05) is 13.0 Å². The Kier molecular flexibility index (Phi) is 9.00. The third-order valence-corrected chi connectivity index (χ3v) is 10.1. The molecule has 15 heteroatoms. The summed E-state index contributed by atoms with van der Waals surface area (Å²) in [5.41, 5.74) is -6.09. The van der Waals surface area contributed by atoms with Crippen molar-refractivity contribution in [1.29, 1.82) is 0 Å². The first kappa shape index (κ1) is 33.5. The average molecular weight is 633 g/mol. The van der Waals surface area contributed by atoms with E-state index in [-0.39, 0.29) is 35.2 Å². The smallest absolute Gasteiger partial charge is 0.496 e. The quantitative estimate of drug-likeness (QED) is 0.295. The fraction of sp³-hybridized carbons (Fsp3) is 0.714. The largest absolute Gasteiger partial charge is 0.511 e. The Balaban J connectivity index is 1.58. The van der Waals surface area contributed by atoms with E-state index >= 15 is 0 Å². The summed E-state index contributed by atoms with van der Waals surface area (Å²) in [6.07, 6.45) is 1.07. The lowest BCUT2D eigenvalue weighted by atomic mass is 9.43. The van der Waals surface area contributed by atoms with Crippen molar-refractivity contribution in [3.63, 3.8) is 0 Å². The molecule has 1 aromatic rings. The highest BCUT2D eigenvalue weighted by molar-refractivity contribution is 7.90. The van der Waals surface area contributed by atoms with Crippen molar-refractivity contribution in [1.82, 2.24) is 10.0 Å². The average Bonchev–Trinajstić information content (AvgIpc) is 3.23. The van der Waals surface area contributed by atoms with Gasteiger partial charge in [0.15, 0.2) is 0 Å². The molecule has 1 saturated heterocycles. The van der Waals surface area contributed by atoms with Crippen molar-refractivity contribution >= 4 is 29.0 Å². The molecule has 1 aliphatic heterocycles. The first-order valence-corrected chi connectivity index (χ1v) is 15.8. The van der Waals surface area contributed by atoms with Crippen LogP contribution in [0, 0.1) is 17.3 Å². The van der Waals surface area contributed by atoms with Gasteiger partial charge in [0.2, 0.25) is 5.91 Å². The normalized spacial score (nSPS) is 27.1. The molecule has 4 fully saturated rings. The van der Waals surface area contributed by atoms with Crippen molar-refractivity contribution in [3.05, 3.63) is 29.3 Å². The van der Waals surface area contributed by atoms with Crippen LogP contribution < -0.4 is 14.8 Å². The fourth-order valence-corrected chi connectivity index (χ4v) is 7.20. The second-order valence-electron chi connectivity index (χ2n) is 13.3. The zero-order valence-electron chi connectivity index (χ0n) is 25.5. The number of sulfonamides is 1. The van der Waals surface area contributed by atoms with Gasteiger partial charge in [-0.05, 0) is 75.8 Å². The predicted octanol–water partition coefficient (Wildman–Crippen LogP) is 3.77. The lowest BCUT2D eigenvalue weighted by molar-refractivity contribution is -0.199. The molecule has 1 heterocycles. The highest BCUT2D eigenvalue weighted by Gasteiger charge is 2.68. The number of hydrogen-bond donors (Lipinski definition) is 2. The van der Waals surface area contributed by atoms with Crippen molar-refractivity contribution < 1.29 is 50.0 Å². The SMILES string of the molecule is COc1c(CC(NC(=O)CCNS(=O)(=O)C(F)(F)F)B2OC3CC4CC(C4(C)C)C3(C)O2)cccc1C(=O)OC(C)(C)C. The van der Waals surface area contributed by atoms with Crippen LogP contribution in [0.1, 0.15) is 76.7 Å². The van der Waals surface area contributed by atoms with Crippen LogP contribution in [0.2, 0.25) is 0 Å². The fourth-order valence-electron chi connectivity index (χ4n) is 6.66. The highest BCUT2D eigenvalue weighted by atomic mass is 32.2. The molecule has 0 spiro atoms. The second-order valence-corrected chi connectivity index (χ2v) is 15.1. The Morgan fingerprint density at radius 2 is 1.84 bits per heavy atom. The molecule has 1 aromatic carbocycles. The zero-order chi connectivity index (χ0) is 32.2. The highest BCUT2D eigenvalue weighted by Crippen LogP contribution is 2.65. The summed E-state index contributed by atoms with van der Waals surface area (Å²) in [5.74, 6) is -1.23. The molecular formula is C28H40BF3N2O8S. The van der Waals surface area contributed by atoms with Crippen LogP contribution in [-0.4, -0.2) is 69.8 Å². The summed E-state index contributed by atoms with van der Waals surface area (Å²) in [4.78, 5) is 25.9. The van der Waals surface area contributed by atoms with Crippen LogP contribution in [0.15, 0.2) is 18.2 Å². The van der Waals surface area contributed by atoms with Crippen LogP contribution in [0.3, 0.4) is 0 Å². The van der Waals surface area contributed by atoms with Gasteiger partial charge in [-0.2, -0.15) is 13.2 Å². The van der Waals surface area contributed by atoms with E-state index in [2.05, 4.69) is 19.2 Å². The van der Waals surface area contributed by atoms with Crippen LogP contribution in [-0.2, 0) is 35.3 Å². The monoisotopic (exact) mass is 632 g/mol. The number of nitrogens with one attached hydrogen (secondary N) is 2. The van der Waals surface area contributed by atoms with E-state index < -0.39 is 64.6 Å². The van der Waals surface area contributed by atoms with Crippen molar-refractivity contribution in [2.24, 2.45) is 17.3 Å². The Labute approximate surface area is 250 Å². The van der Waals surface area contributed by atoms with Gasteiger partial charge in [-0.1, -0.05) is 26.0 Å². The molecule has 10 nitrogen and oxygen atoms in total. The molecule has 2 N–H and O–H groups in total. The van der Waals surface area contributed by atoms with Gasteiger partial charge in [0.1, 0.15) is 16.9 Å². The first-order valence-electron chi connectivity index (χ1n) is 14.3. The number of para-hydroxylation sites is 1. The maximum atomic E-state index is 12.9. The van der Waals surface area contributed by atoms with Crippen molar-refractivity contribution in [2.75, 3.05) is 13.7 Å². The van der Waals surface area contributed by atoms with Gasteiger partial charge >= 0.3 is 28.6 Å². The molecular weight excluding hydrogens is 592 g/mol. The Bertz CT molecular complexity index is 1350. The number of alkyl halides is 3. The van der Waals surface area contributed by atoms with Gasteiger partial charge in [0.25, 0.3) is 0 Å². The van der Waals surface area contributed by atoms with Crippen LogP contribution in [0.5, 0.6) is 5.75 Å². The van der Waals surface area contributed by atoms with E-state index in [0.29, 0.717) is 11.5 Å². The van der Waals surface area contributed by atoms with Gasteiger partial charge in [-0.25, -0.2) is 17.9 Å². The molecule has 3 aliphatic carbocycles. The van der Waals surface area contributed by atoms with E-state index in [1.54, 1.807) is 39.0 Å². The summed E-state index contributed by atoms with van der Waals surface area (Å²) in [6, 6.07) is 4.92. The van der Waals surface area contributed by atoms with Gasteiger partial charge < -0.3 is 24.1 Å². The lowest BCUT2D eigenvalue weighted by Gasteiger charge is -2.64. The molecule has 4 aliphatic rings. The number of hydrogen-bond acceptors (Lipinski definition) is 8. The minimum absolute atomic E-state index is 0.0584. The van der Waals surface area contributed by atoms with Crippen LogP contribution >= 0.6 is 0 Å². The number of ether oxygens (including phenoxy) is 2. The third-order valence-electron chi connectivity index (χ3n) is 8.95. The molecule has 43 heavy (non-hydrogen) atoms. The van der Waals surface area contributed by atoms with Crippen molar-refractivity contribution in [2.45, 2.75) is 96.0 Å². The van der Waals surface area contributed by atoms with Crippen LogP contribution in [0.25, 0.3) is 0 Å². The Hall–Kier alpha value is -2.36. The number of carbonyl (C=O) groups is 2. The molecule has 2 bridgehead atoms. The van der Waals surface area contributed by atoms with E-state index in [1.165, 1.54) is 11.8 Å². The molecule has 5 rings (SSSR count). The summed E-state index contributed by atoms with van der Waals surface area (Å²) >= 11 is 0. The molecule has 0 radical (unpaired) electrons. The summed E-state index contributed by atoms with van der Waals surface area (Å²) < 4.78 is 86.3.